The molecule has 0 saturated heterocycles. The molecule has 0 aliphatic carbocycles. The van der Waals surface area contributed by atoms with Crippen LogP contribution in [0.1, 0.15) is 22.4 Å². The Morgan fingerprint density at radius 3 is 2.47 bits per heavy atom. The lowest BCUT2D eigenvalue weighted by atomic mass is 10.0. The molecule has 0 amide bonds. The van der Waals surface area contributed by atoms with Crippen LogP contribution in [0.15, 0.2) is 59.4 Å². The number of benzene rings is 2. The molecule has 2 heterocycles. The van der Waals surface area contributed by atoms with E-state index in [0.717, 1.165) is 27.9 Å². The van der Waals surface area contributed by atoms with E-state index in [1.54, 1.807) is 7.05 Å². The quantitative estimate of drug-likeness (QED) is 0.511. The Labute approximate surface area is 174 Å². The summed E-state index contributed by atoms with van der Waals surface area (Å²) in [6.45, 7) is 6.29. The molecule has 0 aliphatic rings. The van der Waals surface area contributed by atoms with Crippen molar-refractivity contribution >= 4 is 0 Å². The average molecular weight is 401 g/mol. The summed E-state index contributed by atoms with van der Waals surface area (Å²) in [6, 6.07) is 17.9. The molecule has 0 spiro atoms. The molecule has 0 N–H and O–H groups in total. The van der Waals surface area contributed by atoms with Gasteiger partial charge in [-0.2, -0.15) is 9.36 Å². The molecule has 7 nitrogen and oxygen atoms in total. The van der Waals surface area contributed by atoms with Crippen LogP contribution in [0.3, 0.4) is 0 Å². The fraction of sp³-hybridized carbons (Fsp3) is 0.217. The van der Waals surface area contributed by atoms with Crippen molar-refractivity contribution in [1.82, 2.24) is 24.8 Å². The third-order valence-corrected chi connectivity index (χ3v) is 5.09. The molecule has 2 aromatic carbocycles. The van der Waals surface area contributed by atoms with Crippen LogP contribution in [0.25, 0.3) is 16.8 Å². The minimum absolute atomic E-state index is 0.265. The van der Waals surface area contributed by atoms with Crippen LogP contribution in [-0.2, 0) is 13.7 Å². The topological polar surface area (TPSA) is 74.8 Å². The summed E-state index contributed by atoms with van der Waals surface area (Å²) in [5, 5.41) is 7.76. The first-order valence-corrected chi connectivity index (χ1v) is 9.69. The van der Waals surface area contributed by atoms with E-state index in [1.807, 2.05) is 50.2 Å². The predicted octanol–water partition coefficient (Wildman–Crippen LogP) is 3.53. The van der Waals surface area contributed by atoms with Gasteiger partial charge in [0.15, 0.2) is 0 Å². The highest BCUT2D eigenvalue weighted by molar-refractivity contribution is 5.66. The molecule has 0 radical (unpaired) electrons. The second kappa shape index (κ2) is 7.94. The molecule has 0 aliphatic heterocycles. The molecule has 4 aromatic rings. The second-order valence-corrected chi connectivity index (χ2v) is 7.31. The lowest BCUT2D eigenvalue weighted by Gasteiger charge is -2.13. The van der Waals surface area contributed by atoms with Gasteiger partial charge in [-0.05, 0) is 54.5 Å². The monoisotopic (exact) mass is 401 g/mol. The molecular weight excluding hydrogens is 378 g/mol. The largest absolute Gasteiger partial charge is 0.473 e. The highest BCUT2D eigenvalue weighted by Gasteiger charge is 2.14. The maximum absolute atomic E-state index is 12.3. The summed E-state index contributed by atoms with van der Waals surface area (Å²) < 4.78 is 8.47. The van der Waals surface area contributed by atoms with Crippen molar-refractivity contribution in [2.45, 2.75) is 27.4 Å². The normalized spacial score (nSPS) is 10.9. The van der Waals surface area contributed by atoms with Gasteiger partial charge in [-0.25, -0.2) is 9.78 Å². The molecule has 0 bridgehead atoms. The number of pyridine rings is 1. The van der Waals surface area contributed by atoms with Crippen molar-refractivity contribution in [3.8, 4) is 22.7 Å². The maximum Gasteiger partial charge on any atom is 0.368 e. The van der Waals surface area contributed by atoms with Crippen LogP contribution < -0.4 is 10.4 Å². The van der Waals surface area contributed by atoms with Crippen LogP contribution in [0.4, 0.5) is 0 Å². The van der Waals surface area contributed by atoms with Gasteiger partial charge in [0, 0.05) is 29.9 Å². The lowest BCUT2D eigenvalue weighted by molar-refractivity contribution is 0.292. The lowest BCUT2D eigenvalue weighted by Crippen LogP contribution is -2.23. The summed E-state index contributed by atoms with van der Waals surface area (Å²) in [5.41, 5.74) is 6.52. The third kappa shape index (κ3) is 3.74. The SMILES string of the molecule is Cc1cccc(-c2ccc(OCc3c(C)cccc3-n3nnn(C)c3=O)nc2C)c1. The second-order valence-electron chi connectivity index (χ2n) is 7.31. The number of ether oxygens (including phenoxy) is 1. The summed E-state index contributed by atoms with van der Waals surface area (Å²) in [5.74, 6) is 0.532. The van der Waals surface area contributed by atoms with Gasteiger partial charge in [-0.1, -0.05) is 42.0 Å². The van der Waals surface area contributed by atoms with E-state index in [0.29, 0.717) is 11.6 Å². The number of aryl methyl sites for hydroxylation is 4. The van der Waals surface area contributed by atoms with Gasteiger partial charge in [-0.3, -0.25) is 0 Å². The summed E-state index contributed by atoms with van der Waals surface area (Å²) in [4.78, 5) is 16.9. The van der Waals surface area contributed by atoms with Gasteiger partial charge in [-0.15, -0.1) is 0 Å². The van der Waals surface area contributed by atoms with Crippen LogP contribution >= 0.6 is 0 Å². The molecule has 30 heavy (non-hydrogen) atoms. The van der Waals surface area contributed by atoms with Crippen molar-refractivity contribution < 1.29 is 4.74 Å². The fourth-order valence-corrected chi connectivity index (χ4v) is 3.42. The van der Waals surface area contributed by atoms with Gasteiger partial charge in [0.25, 0.3) is 0 Å². The number of aromatic nitrogens is 5. The zero-order valence-corrected chi connectivity index (χ0v) is 17.5. The first kappa shape index (κ1) is 19.6. The van der Waals surface area contributed by atoms with Crippen molar-refractivity contribution in [2.24, 2.45) is 7.05 Å². The zero-order valence-electron chi connectivity index (χ0n) is 17.5. The molecule has 0 atom stereocenters. The van der Waals surface area contributed by atoms with Gasteiger partial charge in [0.05, 0.1) is 5.69 Å². The Morgan fingerprint density at radius 1 is 0.967 bits per heavy atom. The number of nitrogens with zero attached hydrogens (tertiary/aromatic N) is 5. The first-order valence-electron chi connectivity index (χ1n) is 9.69. The molecule has 2 aromatic heterocycles. The third-order valence-electron chi connectivity index (χ3n) is 5.09. The van der Waals surface area contributed by atoms with Crippen LogP contribution in [0, 0.1) is 20.8 Å². The Balaban J connectivity index is 1.61. The minimum atomic E-state index is -0.307. The average Bonchev–Trinajstić information content (AvgIpc) is 3.05. The predicted molar refractivity (Wildman–Crippen MR) is 115 cm³/mol. The van der Waals surface area contributed by atoms with Crippen molar-refractivity contribution in [2.75, 3.05) is 0 Å². The van der Waals surface area contributed by atoms with E-state index in [2.05, 4.69) is 40.5 Å². The van der Waals surface area contributed by atoms with Gasteiger partial charge in [0.2, 0.25) is 5.88 Å². The summed E-state index contributed by atoms with van der Waals surface area (Å²) in [7, 11) is 1.57. The highest BCUT2D eigenvalue weighted by atomic mass is 16.5. The Kier molecular flexibility index (Phi) is 5.18. The summed E-state index contributed by atoms with van der Waals surface area (Å²) in [6.07, 6.45) is 0. The Bertz CT molecular complexity index is 1270. The van der Waals surface area contributed by atoms with Crippen molar-refractivity contribution in [3.63, 3.8) is 0 Å². The Morgan fingerprint density at radius 2 is 1.77 bits per heavy atom. The van der Waals surface area contributed by atoms with Crippen LogP contribution in [0.2, 0.25) is 0 Å². The first-order chi connectivity index (χ1) is 14.4. The van der Waals surface area contributed by atoms with Gasteiger partial charge < -0.3 is 4.74 Å². The minimum Gasteiger partial charge on any atom is -0.473 e. The van der Waals surface area contributed by atoms with Crippen LogP contribution in [-0.4, -0.2) is 24.8 Å². The molecule has 0 unspecified atom stereocenters. The van der Waals surface area contributed by atoms with Gasteiger partial charge >= 0.3 is 5.69 Å². The molecule has 152 valence electrons. The Hall–Kier alpha value is -3.74. The zero-order chi connectivity index (χ0) is 21.3. The van der Waals surface area contributed by atoms with E-state index in [4.69, 9.17) is 4.74 Å². The van der Waals surface area contributed by atoms with Crippen LogP contribution in [0.5, 0.6) is 5.88 Å². The number of hydrogen-bond donors (Lipinski definition) is 0. The van der Waals surface area contributed by atoms with E-state index >= 15 is 0 Å². The number of hydrogen-bond acceptors (Lipinski definition) is 5. The molecule has 0 saturated carbocycles. The number of rotatable bonds is 5. The maximum atomic E-state index is 12.3. The summed E-state index contributed by atoms with van der Waals surface area (Å²) >= 11 is 0. The van der Waals surface area contributed by atoms with E-state index < -0.39 is 0 Å². The van der Waals surface area contributed by atoms with Gasteiger partial charge in [0.1, 0.15) is 6.61 Å². The molecular formula is C23H23N5O2. The van der Waals surface area contributed by atoms with Crippen molar-refractivity contribution in [3.05, 3.63) is 87.5 Å². The molecule has 7 heteroatoms. The van der Waals surface area contributed by atoms with E-state index in [9.17, 15) is 4.79 Å². The standard InChI is InChI=1S/C23H23N5O2/c1-15-7-5-9-18(13-15)19-11-12-22(24-17(19)3)30-14-20-16(2)8-6-10-21(20)28-23(29)27(4)25-26-28/h5-13H,14H2,1-4H3. The molecule has 0 fully saturated rings. The highest BCUT2D eigenvalue weighted by Crippen LogP contribution is 2.26. The van der Waals surface area contributed by atoms with Crippen molar-refractivity contribution in [1.29, 1.82) is 0 Å². The molecule has 4 rings (SSSR count). The smallest absolute Gasteiger partial charge is 0.368 e. The fourth-order valence-electron chi connectivity index (χ4n) is 3.42. The van der Waals surface area contributed by atoms with E-state index in [1.165, 1.54) is 14.9 Å². The van der Waals surface area contributed by atoms with E-state index in [-0.39, 0.29) is 12.3 Å². The number of tetrazole rings is 1.